The van der Waals surface area contributed by atoms with Crippen LogP contribution in [0, 0.1) is 0 Å². The molecule has 33 heavy (non-hydrogen) atoms. The molecule has 3 rings (SSSR count). The predicted octanol–water partition coefficient (Wildman–Crippen LogP) is 3.73. The number of methoxy groups -OCH3 is 2. The summed E-state index contributed by atoms with van der Waals surface area (Å²) in [5.41, 5.74) is 1.02. The molecule has 0 saturated heterocycles. The number of rotatable bonds is 10. The van der Waals surface area contributed by atoms with E-state index >= 15 is 0 Å². The Morgan fingerprint density at radius 3 is 2.33 bits per heavy atom. The zero-order chi connectivity index (χ0) is 23.8. The van der Waals surface area contributed by atoms with Crippen LogP contribution in [0.5, 0.6) is 11.5 Å². The van der Waals surface area contributed by atoms with Crippen LogP contribution in [0.15, 0.2) is 23.0 Å². The summed E-state index contributed by atoms with van der Waals surface area (Å²) in [7, 11) is 3.15. The van der Waals surface area contributed by atoms with E-state index in [4.69, 9.17) is 9.47 Å². The minimum Gasteiger partial charge on any atom is -0.493 e. The molecule has 1 aromatic heterocycles. The third-order valence-corrected chi connectivity index (χ3v) is 6.59. The van der Waals surface area contributed by atoms with Gasteiger partial charge in [-0.15, -0.1) is 0 Å². The van der Waals surface area contributed by atoms with Gasteiger partial charge in [-0.1, -0.05) is 33.1 Å². The Hall–Kier alpha value is -2.74. The molecule has 8 heteroatoms. The van der Waals surface area contributed by atoms with Crippen molar-refractivity contribution in [1.29, 1.82) is 0 Å². The number of hydrogen-bond acceptors (Lipinski definition) is 5. The van der Waals surface area contributed by atoms with E-state index in [0.29, 0.717) is 29.1 Å². The molecule has 0 spiro atoms. The summed E-state index contributed by atoms with van der Waals surface area (Å²) in [5, 5.41) is 4.04. The van der Waals surface area contributed by atoms with Crippen LogP contribution in [0.3, 0.4) is 0 Å². The van der Waals surface area contributed by atoms with E-state index in [2.05, 4.69) is 29.0 Å². The summed E-state index contributed by atoms with van der Waals surface area (Å²) >= 11 is 0. The molecule has 1 aromatic carbocycles. The van der Waals surface area contributed by atoms with Crippen molar-refractivity contribution in [3.8, 4) is 11.5 Å². The van der Waals surface area contributed by atoms with Gasteiger partial charge in [0.1, 0.15) is 0 Å². The average Bonchev–Trinajstić information content (AvgIpc) is 2.83. The van der Waals surface area contributed by atoms with E-state index in [0.717, 1.165) is 50.7 Å². The fraction of sp³-hybridized carbons (Fsp3) is 0.600. The maximum Gasteiger partial charge on any atom is 0.317 e. The standard InChI is InChI=1S/C25H38N4O4/c1-5-28(6-2)12-13-29(25(31)26-20-10-8-7-9-11-20)17-19-14-18-15-22(32-3)23(33-4)16-21(18)27-24(19)30/h14-16,20H,5-13,17H2,1-4H3,(H,26,31)(H,27,30). The van der Waals surface area contributed by atoms with Crippen LogP contribution in [-0.2, 0) is 6.54 Å². The molecule has 1 fully saturated rings. The molecule has 1 saturated carbocycles. The number of H-pyrrole nitrogens is 1. The zero-order valence-corrected chi connectivity index (χ0v) is 20.4. The van der Waals surface area contributed by atoms with Gasteiger partial charge in [-0.3, -0.25) is 4.79 Å². The second-order valence-corrected chi connectivity index (χ2v) is 8.65. The Labute approximate surface area is 196 Å². The monoisotopic (exact) mass is 458 g/mol. The lowest BCUT2D eigenvalue weighted by atomic mass is 9.96. The van der Waals surface area contributed by atoms with Crippen LogP contribution in [-0.4, -0.2) is 67.3 Å². The normalized spacial score (nSPS) is 14.5. The summed E-state index contributed by atoms with van der Waals surface area (Å²) in [6, 6.07) is 5.56. The van der Waals surface area contributed by atoms with Crippen molar-refractivity contribution >= 4 is 16.9 Å². The zero-order valence-electron chi connectivity index (χ0n) is 20.4. The van der Waals surface area contributed by atoms with Crippen LogP contribution in [0.25, 0.3) is 10.9 Å². The highest BCUT2D eigenvalue weighted by Crippen LogP contribution is 2.31. The smallest absolute Gasteiger partial charge is 0.317 e. The van der Waals surface area contributed by atoms with Crippen LogP contribution < -0.4 is 20.3 Å². The van der Waals surface area contributed by atoms with Gasteiger partial charge in [-0.25, -0.2) is 4.79 Å². The average molecular weight is 459 g/mol. The Morgan fingerprint density at radius 1 is 1.03 bits per heavy atom. The molecule has 0 aliphatic heterocycles. The minimum absolute atomic E-state index is 0.0964. The number of nitrogens with zero attached hydrogens (tertiary/aromatic N) is 2. The number of urea groups is 1. The number of hydrogen-bond donors (Lipinski definition) is 2. The van der Waals surface area contributed by atoms with E-state index in [9.17, 15) is 9.59 Å². The maximum absolute atomic E-state index is 13.2. The third-order valence-electron chi connectivity index (χ3n) is 6.59. The van der Waals surface area contributed by atoms with Crippen molar-refractivity contribution < 1.29 is 14.3 Å². The van der Waals surface area contributed by atoms with E-state index in [-0.39, 0.29) is 24.2 Å². The number of amides is 2. The lowest BCUT2D eigenvalue weighted by Gasteiger charge is -2.30. The Balaban J connectivity index is 1.85. The van der Waals surface area contributed by atoms with Crippen molar-refractivity contribution in [3.05, 3.63) is 34.1 Å². The number of likely N-dealkylation sites (N-methyl/N-ethyl adjacent to an activating group) is 1. The molecule has 0 radical (unpaired) electrons. The molecule has 1 aliphatic carbocycles. The number of aromatic amines is 1. The van der Waals surface area contributed by atoms with Crippen molar-refractivity contribution in [2.75, 3.05) is 40.4 Å². The van der Waals surface area contributed by atoms with Crippen LogP contribution in [0.1, 0.15) is 51.5 Å². The Bertz CT molecular complexity index is 980. The second kappa shape index (κ2) is 11.9. The number of fused-ring (bicyclic) bond motifs is 1. The van der Waals surface area contributed by atoms with Crippen molar-refractivity contribution in [2.24, 2.45) is 0 Å². The predicted molar refractivity (Wildman–Crippen MR) is 131 cm³/mol. The maximum atomic E-state index is 13.2. The number of carbonyl (C=O) groups is 1. The molecule has 0 unspecified atom stereocenters. The number of pyridine rings is 1. The van der Waals surface area contributed by atoms with E-state index in [1.54, 1.807) is 25.2 Å². The Kier molecular flexibility index (Phi) is 9.00. The van der Waals surface area contributed by atoms with Crippen LogP contribution in [0.4, 0.5) is 4.79 Å². The first-order valence-electron chi connectivity index (χ1n) is 12.0. The summed E-state index contributed by atoms with van der Waals surface area (Å²) in [5.74, 6) is 1.15. The van der Waals surface area contributed by atoms with Gasteiger partial charge < -0.3 is 29.6 Å². The first-order chi connectivity index (χ1) is 16.0. The fourth-order valence-electron chi connectivity index (χ4n) is 4.47. The molecular formula is C25H38N4O4. The second-order valence-electron chi connectivity index (χ2n) is 8.65. The lowest BCUT2D eigenvalue weighted by Crippen LogP contribution is -2.48. The number of aromatic nitrogens is 1. The van der Waals surface area contributed by atoms with Gasteiger partial charge in [-0.2, -0.15) is 0 Å². The molecular weight excluding hydrogens is 420 g/mol. The highest BCUT2D eigenvalue weighted by Gasteiger charge is 2.22. The van der Waals surface area contributed by atoms with Gasteiger partial charge in [0, 0.05) is 36.1 Å². The Morgan fingerprint density at radius 2 is 1.70 bits per heavy atom. The summed E-state index contributed by atoms with van der Waals surface area (Å²) < 4.78 is 10.8. The molecule has 0 bridgehead atoms. The summed E-state index contributed by atoms with van der Waals surface area (Å²) in [4.78, 5) is 33.1. The summed E-state index contributed by atoms with van der Waals surface area (Å²) in [6.45, 7) is 7.65. The van der Waals surface area contributed by atoms with Gasteiger partial charge in [0.2, 0.25) is 0 Å². The molecule has 8 nitrogen and oxygen atoms in total. The van der Waals surface area contributed by atoms with Crippen molar-refractivity contribution in [3.63, 3.8) is 0 Å². The van der Waals surface area contributed by atoms with Crippen LogP contribution >= 0.6 is 0 Å². The van der Waals surface area contributed by atoms with E-state index in [1.807, 2.05) is 12.1 Å². The quantitative estimate of drug-likeness (QED) is 0.567. The molecule has 2 N–H and O–H groups in total. The van der Waals surface area contributed by atoms with Gasteiger partial charge in [0.25, 0.3) is 5.56 Å². The molecule has 1 heterocycles. The van der Waals surface area contributed by atoms with E-state index in [1.165, 1.54) is 6.42 Å². The van der Waals surface area contributed by atoms with Gasteiger partial charge >= 0.3 is 6.03 Å². The minimum atomic E-state index is -0.201. The number of carbonyl (C=O) groups excluding carboxylic acids is 1. The lowest BCUT2D eigenvalue weighted by molar-refractivity contribution is 0.175. The third kappa shape index (κ3) is 6.41. The molecule has 0 atom stereocenters. The molecule has 2 amide bonds. The number of benzene rings is 1. The highest BCUT2D eigenvalue weighted by molar-refractivity contribution is 5.83. The van der Waals surface area contributed by atoms with E-state index < -0.39 is 0 Å². The molecule has 182 valence electrons. The molecule has 2 aromatic rings. The number of ether oxygens (including phenoxy) is 2. The van der Waals surface area contributed by atoms with Crippen LogP contribution in [0.2, 0.25) is 0 Å². The number of nitrogens with one attached hydrogen (secondary N) is 2. The molecule has 1 aliphatic rings. The van der Waals surface area contributed by atoms with Crippen molar-refractivity contribution in [1.82, 2.24) is 20.1 Å². The first kappa shape index (κ1) is 24.9. The van der Waals surface area contributed by atoms with Gasteiger partial charge in [0.05, 0.1) is 26.3 Å². The van der Waals surface area contributed by atoms with Gasteiger partial charge in [0.15, 0.2) is 11.5 Å². The summed E-state index contributed by atoms with van der Waals surface area (Å²) in [6.07, 6.45) is 5.58. The van der Waals surface area contributed by atoms with Gasteiger partial charge in [-0.05, 0) is 38.1 Å². The SMILES string of the molecule is CCN(CC)CCN(Cc1cc2cc(OC)c(OC)cc2[nH]c1=O)C(=O)NC1CCCCC1. The first-order valence-corrected chi connectivity index (χ1v) is 12.0. The highest BCUT2D eigenvalue weighted by atomic mass is 16.5. The van der Waals surface area contributed by atoms with Crippen molar-refractivity contribution in [2.45, 2.75) is 58.5 Å². The largest absolute Gasteiger partial charge is 0.493 e. The topological polar surface area (TPSA) is 86.9 Å². The fourth-order valence-corrected chi connectivity index (χ4v) is 4.47.